The van der Waals surface area contributed by atoms with Gasteiger partial charge in [-0.25, -0.2) is 9.79 Å². The maximum Gasteiger partial charge on any atom is 0.340 e. The summed E-state index contributed by atoms with van der Waals surface area (Å²) in [5.74, 6) is -0.489. The fourth-order valence-electron chi connectivity index (χ4n) is 0.791. The second kappa shape index (κ2) is 8.35. The molecule has 0 aromatic rings. The number of esters is 1. The van der Waals surface area contributed by atoms with Crippen molar-refractivity contribution in [3.63, 3.8) is 0 Å². The Hall–Kier alpha value is -0.810. The fraction of sp³-hybridized carbons (Fsp3) is 0.500. The molecule has 16 heavy (non-hydrogen) atoms. The van der Waals surface area contributed by atoms with Gasteiger partial charge in [0, 0.05) is 6.54 Å². The first-order valence-corrected chi connectivity index (χ1v) is 6.36. The average molecular weight is 263 g/mol. The number of hydrogen-bond acceptors (Lipinski definition) is 4. The van der Waals surface area contributed by atoms with Gasteiger partial charge >= 0.3 is 5.97 Å². The van der Waals surface area contributed by atoms with Crippen LogP contribution >= 0.6 is 23.4 Å². The van der Waals surface area contributed by atoms with E-state index in [1.54, 1.807) is 13.2 Å². The highest BCUT2D eigenvalue weighted by Crippen LogP contribution is 2.11. The highest BCUT2D eigenvalue weighted by Gasteiger charge is 2.14. The number of aliphatic imine (C=N–C) groups is 2. The number of halogens is 1. The van der Waals surface area contributed by atoms with Crippen molar-refractivity contribution in [3.05, 3.63) is 12.2 Å². The molecule has 0 heterocycles. The van der Waals surface area contributed by atoms with E-state index in [0.717, 1.165) is 0 Å². The van der Waals surface area contributed by atoms with Gasteiger partial charge in [0.05, 0.1) is 12.2 Å². The minimum absolute atomic E-state index is 0.109. The third kappa shape index (κ3) is 5.32. The van der Waals surface area contributed by atoms with Crippen molar-refractivity contribution in [1.82, 2.24) is 0 Å². The van der Waals surface area contributed by atoms with Crippen LogP contribution in [0.25, 0.3) is 0 Å². The van der Waals surface area contributed by atoms with E-state index >= 15 is 0 Å². The highest BCUT2D eigenvalue weighted by molar-refractivity contribution is 8.14. The zero-order chi connectivity index (χ0) is 12.6. The van der Waals surface area contributed by atoms with Crippen molar-refractivity contribution in [2.75, 3.05) is 19.4 Å². The van der Waals surface area contributed by atoms with Crippen LogP contribution in [0.3, 0.4) is 0 Å². The summed E-state index contributed by atoms with van der Waals surface area (Å²) in [6.45, 7) is 8.03. The van der Waals surface area contributed by atoms with Gasteiger partial charge in [-0.1, -0.05) is 6.58 Å². The maximum atomic E-state index is 11.4. The summed E-state index contributed by atoms with van der Waals surface area (Å²) in [6.07, 6.45) is 1.78. The fourth-order valence-corrected chi connectivity index (χ4v) is 1.55. The van der Waals surface area contributed by atoms with Crippen molar-refractivity contribution in [3.8, 4) is 0 Å². The molecular weight excluding hydrogens is 248 g/mol. The van der Waals surface area contributed by atoms with Gasteiger partial charge in [-0.05, 0) is 31.7 Å². The van der Waals surface area contributed by atoms with Crippen molar-refractivity contribution >= 4 is 39.7 Å². The van der Waals surface area contributed by atoms with E-state index in [2.05, 4.69) is 16.6 Å². The minimum atomic E-state index is -0.489. The van der Waals surface area contributed by atoms with Gasteiger partial charge in [-0.2, -0.15) is 0 Å². The number of ether oxygens (including phenoxy) is 1. The van der Waals surface area contributed by atoms with Gasteiger partial charge < -0.3 is 4.74 Å². The minimum Gasteiger partial charge on any atom is -0.462 e. The lowest BCUT2D eigenvalue weighted by Crippen LogP contribution is -2.13. The molecule has 0 aliphatic rings. The Morgan fingerprint density at radius 1 is 1.50 bits per heavy atom. The molecule has 0 aromatic heterocycles. The van der Waals surface area contributed by atoms with Crippen LogP contribution in [-0.4, -0.2) is 35.7 Å². The van der Waals surface area contributed by atoms with Crippen LogP contribution in [0.5, 0.6) is 0 Å². The number of amidine groups is 1. The number of rotatable bonds is 4. The molecule has 4 nitrogen and oxygen atoms in total. The summed E-state index contributed by atoms with van der Waals surface area (Å²) in [6, 6.07) is 0. The molecule has 0 aliphatic carbocycles. The molecule has 0 spiro atoms. The van der Waals surface area contributed by atoms with Gasteiger partial charge in [0.15, 0.2) is 0 Å². The van der Waals surface area contributed by atoms with E-state index in [9.17, 15) is 4.79 Å². The molecule has 0 rings (SSSR count). The van der Waals surface area contributed by atoms with Crippen LogP contribution in [0, 0.1) is 0 Å². The van der Waals surface area contributed by atoms with Gasteiger partial charge in [0.2, 0.25) is 5.29 Å². The average Bonchev–Trinajstić information content (AvgIpc) is 2.25. The predicted octanol–water partition coefficient (Wildman–Crippen LogP) is 2.48. The van der Waals surface area contributed by atoms with Crippen LogP contribution < -0.4 is 0 Å². The third-order valence-electron chi connectivity index (χ3n) is 1.46. The first-order valence-electron chi connectivity index (χ1n) is 4.75. The van der Waals surface area contributed by atoms with Gasteiger partial charge in [0.1, 0.15) is 5.04 Å². The van der Waals surface area contributed by atoms with Crippen molar-refractivity contribution in [2.24, 2.45) is 9.98 Å². The maximum absolute atomic E-state index is 11.4. The molecule has 0 saturated heterocycles. The molecule has 0 amide bonds. The van der Waals surface area contributed by atoms with Crippen molar-refractivity contribution in [2.45, 2.75) is 13.8 Å². The Labute approximate surface area is 105 Å². The molecule has 0 fully saturated rings. The molecule has 0 radical (unpaired) electrons. The van der Waals surface area contributed by atoms with E-state index in [4.69, 9.17) is 16.3 Å². The van der Waals surface area contributed by atoms with Gasteiger partial charge in [0.25, 0.3) is 0 Å². The summed E-state index contributed by atoms with van der Waals surface area (Å²) in [5, 5.41) is 0.526. The molecule has 0 saturated carbocycles. The molecule has 0 bridgehead atoms. The first-order chi connectivity index (χ1) is 7.56. The van der Waals surface area contributed by atoms with Crippen molar-refractivity contribution < 1.29 is 9.53 Å². The molecule has 0 unspecified atom stereocenters. The Kier molecular flexibility index (Phi) is 7.93. The number of thioether (sulfide) groups is 1. The van der Waals surface area contributed by atoms with Gasteiger partial charge in [-0.3, -0.25) is 4.99 Å². The summed E-state index contributed by atoms with van der Waals surface area (Å²) in [7, 11) is 0. The largest absolute Gasteiger partial charge is 0.462 e. The summed E-state index contributed by atoms with van der Waals surface area (Å²) < 4.78 is 4.81. The van der Waals surface area contributed by atoms with Crippen LogP contribution in [0.4, 0.5) is 0 Å². The number of carbonyl (C=O) groups excluding carboxylic acids is 1. The second-order valence-corrected chi connectivity index (χ2v) is 3.70. The Morgan fingerprint density at radius 3 is 2.56 bits per heavy atom. The quantitative estimate of drug-likeness (QED) is 0.257. The Bertz CT molecular complexity index is 327. The predicted molar refractivity (Wildman–Crippen MR) is 70.6 cm³/mol. The topological polar surface area (TPSA) is 51.0 Å². The number of hydrogen-bond donors (Lipinski definition) is 0. The second-order valence-electron chi connectivity index (χ2n) is 2.56. The molecule has 0 aromatic carbocycles. The smallest absolute Gasteiger partial charge is 0.340 e. The van der Waals surface area contributed by atoms with Crippen LogP contribution in [0.2, 0.25) is 0 Å². The van der Waals surface area contributed by atoms with Crippen LogP contribution in [0.1, 0.15) is 13.8 Å². The zero-order valence-electron chi connectivity index (χ0n) is 9.62. The Morgan fingerprint density at radius 2 is 2.12 bits per heavy atom. The molecule has 0 N–H and O–H groups in total. The zero-order valence-corrected chi connectivity index (χ0v) is 11.2. The molecule has 90 valence electrons. The molecule has 0 atom stereocenters. The standard InChI is InChI=1S/C10H15ClN2O2S/c1-5-12-10(11)13-8(16-4)7(3)9(14)15-6-2/h3,5-6H2,1-2,4H3. The molecular formula is C10H15ClN2O2S. The lowest BCUT2D eigenvalue weighted by molar-refractivity contribution is -0.137. The van der Waals surface area contributed by atoms with Gasteiger partial charge in [-0.15, -0.1) is 11.8 Å². The SMILES string of the molecule is C=C(C(=O)OCC)C(=NC(Cl)=NCC)SC. The van der Waals surface area contributed by atoms with Crippen LogP contribution in [0.15, 0.2) is 22.1 Å². The van der Waals surface area contributed by atoms with Crippen molar-refractivity contribution in [1.29, 1.82) is 0 Å². The lowest BCUT2D eigenvalue weighted by Gasteiger charge is -2.05. The number of nitrogens with zero attached hydrogens (tertiary/aromatic N) is 2. The summed E-state index contributed by atoms with van der Waals surface area (Å²) in [5.41, 5.74) is 0.193. The summed E-state index contributed by atoms with van der Waals surface area (Å²) >= 11 is 7.01. The first kappa shape index (κ1) is 15.2. The monoisotopic (exact) mass is 262 g/mol. The van der Waals surface area contributed by atoms with E-state index < -0.39 is 5.97 Å². The molecule has 0 aliphatic heterocycles. The van der Waals surface area contributed by atoms with E-state index in [1.165, 1.54) is 11.8 Å². The Balaban J connectivity index is 4.79. The highest BCUT2D eigenvalue weighted by atomic mass is 35.5. The molecule has 6 heteroatoms. The van der Waals surface area contributed by atoms with E-state index in [1.807, 2.05) is 6.92 Å². The normalized spacial score (nSPS) is 12.5. The van der Waals surface area contributed by atoms with E-state index in [0.29, 0.717) is 18.2 Å². The third-order valence-corrected chi connectivity index (χ3v) is 2.38. The lowest BCUT2D eigenvalue weighted by atomic mass is 10.3. The number of carbonyl (C=O) groups is 1. The van der Waals surface area contributed by atoms with E-state index in [-0.39, 0.29) is 10.9 Å². The summed E-state index contributed by atoms with van der Waals surface area (Å²) in [4.78, 5) is 19.3. The van der Waals surface area contributed by atoms with Crippen LogP contribution in [-0.2, 0) is 9.53 Å².